The molecule has 1 aliphatic rings. The first-order chi connectivity index (χ1) is 12.3. The van der Waals surface area contributed by atoms with Gasteiger partial charge in [0.25, 0.3) is 0 Å². The Morgan fingerprint density at radius 3 is 2.64 bits per heavy atom. The van der Waals surface area contributed by atoms with E-state index in [1.165, 1.54) is 16.7 Å². The third-order valence-electron chi connectivity index (χ3n) is 5.04. The molecule has 0 spiro atoms. The Labute approximate surface area is 148 Å². The lowest BCUT2D eigenvalue weighted by Gasteiger charge is -2.36. The van der Waals surface area contributed by atoms with E-state index in [4.69, 9.17) is 0 Å². The van der Waals surface area contributed by atoms with Crippen LogP contribution in [0.5, 0.6) is 0 Å². The molecule has 1 atom stereocenters. The maximum atomic E-state index is 9.97. The molecule has 1 N–H and O–H groups in total. The molecule has 0 aliphatic carbocycles. The minimum absolute atomic E-state index is 0.0480. The van der Waals surface area contributed by atoms with Gasteiger partial charge in [-0.05, 0) is 23.1 Å². The monoisotopic (exact) mass is 333 g/mol. The van der Waals surface area contributed by atoms with Crippen LogP contribution in [-0.4, -0.2) is 32.7 Å². The Morgan fingerprint density at radius 2 is 1.80 bits per heavy atom. The fraction of sp³-hybridized carbons (Fsp3) is 0.286. The van der Waals surface area contributed by atoms with Gasteiger partial charge >= 0.3 is 0 Å². The molecule has 128 valence electrons. The molecule has 0 fully saturated rings. The van der Waals surface area contributed by atoms with E-state index in [9.17, 15) is 5.11 Å². The van der Waals surface area contributed by atoms with Crippen LogP contribution < -0.4 is 0 Å². The minimum atomic E-state index is 0.0480. The van der Waals surface area contributed by atoms with Crippen molar-refractivity contribution in [3.8, 4) is 0 Å². The van der Waals surface area contributed by atoms with Crippen LogP contribution in [0, 0.1) is 0 Å². The first kappa shape index (κ1) is 16.1. The number of hydrogen-bond donors (Lipinski definition) is 1. The van der Waals surface area contributed by atoms with Crippen LogP contribution in [0.15, 0.2) is 67.0 Å². The van der Waals surface area contributed by atoms with Crippen molar-refractivity contribution < 1.29 is 5.11 Å². The van der Waals surface area contributed by atoms with E-state index in [0.29, 0.717) is 0 Å². The third-order valence-corrected chi connectivity index (χ3v) is 5.04. The molecule has 4 nitrogen and oxygen atoms in total. The topological polar surface area (TPSA) is 41.3 Å². The summed E-state index contributed by atoms with van der Waals surface area (Å²) in [5.74, 6) is 1.04. The van der Waals surface area contributed by atoms with Crippen LogP contribution in [0.2, 0.25) is 0 Å². The molecule has 1 aromatic heterocycles. The highest BCUT2D eigenvalue weighted by molar-refractivity contribution is 5.32. The van der Waals surface area contributed by atoms with Gasteiger partial charge in [0.15, 0.2) is 0 Å². The van der Waals surface area contributed by atoms with Crippen LogP contribution >= 0.6 is 0 Å². The van der Waals surface area contributed by atoms with Crippen molar-refractivity contribution in [2.75, 3.05) is 13.2 Å². The summed E-state index contributed by atoms with van der Waals surface area (Å²) in [6, 6.07) is 18.9. The van der Waals surface area contributed by atoms with Crippen molar-refractivity contribution in [3.63, 3.8) is 0 Å². The highest BCUT2D eigenvalue weighted by atomic mass is 16.3. The second kappa shape index (κ2) is 7.21. The summed E-state index contributed by atoms with van der Waals surface area (Å²) in [5, 5.41) is 9.97. The molecule has 0 radical (unpaired) electrons. The number of hydrogen-bond acceptors (Lipinski definition) is 3. The van der Waals surface area contributed by atoms with Crippen molar-refractivity contribution >= 4 is 0 Å². The summed E-state index contributed by atoms with van der Waals surface area (Å²) in [6.45, 7) is 2.65. The van der Waals surface area contributed by atoms with Gasteiger partial charge in [-0.25, -0.2) is 4.98 Å². The lowest BCUT2D eigenvalue weighted by Crippen LogP contribution is -2.37. The highest BCUT2D eigenvalue weighted by Crippen LogP contribution is 2.30. The Morgan fingerprint density at radius 1 is 1.00 bits per heavy atom. The molecule has 1 unspecified atom stereocenters. The second-order valence-electron chi connectivity index (χ2n) is 6.57. The number of nitrogens with zero attached hydrogens (tertiary/aromatic N) is 3. The largest absolute Gasteiger partial charge is 0.394 e. The van der Waals surface area contributed by atoms with Gasteiger partial charge in [0.05, 0.1) is 19.2 Å². The van der Waals surface area contributed by atoms with E-state index < -0.39 is 0 Å². The van der Waals surface area contributed by atoms with E-state index in [-0.39, 0.29) is 12.6 Å². The predicted octanol–water partition coefficient (Wildman–Crippen LogP) is 3.02. The number of imidazole rings is 1. The third kappa shape index (κ3) is 3.36. The number of aliphatic hydroxyl groups excluding tert-OH is 1. The molecule has 2 heterocycles. The van der Waals surface area contributed by atoms with E-state index in [0.717, 1.165) is 31.9 Å². The Hall–Kier alpha value is -2.43. The molecule has 0 bridgehead atoms. The van der Waals surface area contributed by atoms with E-state index >= 15 is 0 Å². The number of benzene rings is 2. The quantitative estimate of drug-likeness (QED) is 0.780. The minimum Gasteiger partial charge on any atom is -0.394 e. The molecule has 3 aromatic rings. The van der Waals surface area contributed by atoms with Crippen molar-refractivity contribution in [1.29, 1.82) is 0 Å². The smallest absolute Gasteiger partial charge is 0.123 e. The molecule has 2 aromatic carbocycles. The first-order valence-corrected chi connectivity index (χ1v) is 8.82. The lowest BCUT2D eigenvalue weighted by atomic mass is 9.93. The van der Waals surface area contributed by atoms with E-state index in [1.807, 2.05) is 18.5 Å². The SMILES string of the molecule is OCC1c2ccccc2CCN1Cc1nccn1Cc1ccccc1. The molecule has 4 rings (SSSR count). The Bertz CT molecular complexity index is 828. The molecule has 4 heteroatoms. The summed E-state index contributed by atoms with van der Waals surface area (Å²) < 4.78 is 2.20. The van der Waals surface area contributed by atoms with Gasteiger partial charge in [0.1, 0.15) is 5.82 Å². The van der Waals surface area contributed by atoms with Crippen molar-refractivity contribution in [1.82, 2.24) is 14.5 Å². The van der Waals surface area contributed by atoms with Gasteiger partial charge in [-0.1, -0.05) is 54.6 Å². The van der Waals surface area contributed by atoms with Gasteiger partial charge in [0.2, 0.25) is 0 Å². The second-order valence-corrected chi connectivity index (χ2v) is 6.57. The number of rotatable bonds is 5. The van der Waals surface area contributed by atoms with Crippen molar-refractivity contribution in [3.05, 3.63) is 89.5 Å². The van der Waals surface area contributed by atoms with Crippen LogP contribution in [0.3, 0.4) is 0 Å². The maximum Gasteiger partial charge on any atom is 0.123 e. The zero-order valence-electron chi connectivity index (χ0n) is 14.3. The molecular weight excluding hydrogens is 310 g/mol. The Balaban J connectivity index is 1.54. The Kier molecular flexibility index (Phi) is 4.63. The molecule has 0 saturated carbocycles. The van der Waals surface area contributed by atoms with Gasteiger partial charge in [-0.2, -0.15) is 0 Å². The van der Waals surface area contributed by atoms with Crippen LogP contribution in [0.25, 0.3) is 0 Å². The molecular formula is C21H23N3O. The molecule has 25 heavy (non-hydrogen) atoms. The van der Waals surface area contributed by atoms with Crippen LogP contribution in [0.1, 0.15) is 28.6 Å². The fourth-order valence-electron chi connectivity index (χ4n) is 3.70. The summed E-state index contributed by atoms with van der Waals surface area (Å²) in [7, 11) is 0. The number of aliphatic hydroxyl groups is 1. The standard InChI is InChI=1S/C21H23N3O/c25-16-20-19-9-5-4-8-18(19)10-12-23(20)15-21-22-11-13-24(21)14-17-6-2-1-3-7-17/h1-9,11,13,20,25H,10,12,14-16H2. The fourth-order valence-corrected chi connectivity index (χ4v) is 3.70. The zero-order chi connectivity index (χ0) is 17.1. The molecule has 0 saturated heterocycles. The van der Waals surface area contributed by atoms with Crippen LogP contribution in [0.4, 0.5) is 0 Å². The number of aromatic nitrogens is 2. The molecule has 0 amide bonds. The number of fused-ring (bicyclic) bond motifs is 1. The highest BCUT2D eigenvalue weighted by Gasteiger charge is 2.27. The average molecular weight is 333 g/mol. The normalized spacial score (nSPS) is 17.4. The summed E-state index contributed by atoms with van der Waals surface area (Å²) in [6.07, 6.45) is 4.92. The molecule has 1 aliphatic heterocycles. The van der Waals surface area contributed by atoms with Gasteiger partial charge in [-0.3, -0.25) is 4.90 Å². The van der Waals surface area contributed by atoms with Gasteiger partial charge in [-0.15, -0.1) is 0 Å². The van der Waals surface area contributed by atoms with Gasteiger partial charge in [0, 0.05) is 25.5 Å². The predicted molar refractivity (Wildman–Crippen MR) is 98.2 cm³/mol. The van der Waals surface area contributed by atoms with E-state index in [1.54, 1.807) is 0 Å². The van der Waals surface area contributed by atoms with Crippen molar-refractivity contribution in [2.45, 2.75) is 25.6 Å². The summed E-state index contributed by atoms with van der Waals surface area (Å²) in [5.41, 5.74) is 3.87. The average Bonchev–Trinajstić information content (AvgIpc) is 3.09. The maximum absolute atomic E-state index is 9.97. The summed E-state index contributed by atoms with van der Waals surface area (Å²) >= 11 is 0. The van der Waals surface area contributed by atoms with E-state index in [2.05, 4.69) is 63.0 Å². The van der Waals surface area contributed by atoms with Gasteiger partial charge < -0.3 is 9.67 Å². The lowest BCUT2D eigenvalue weighted by molar-refractivity contribution is 0.104. The zero-order valence-corrected chi connectivity index (χ0v) is 14.3. The van der Waals surface area contributed by atoms with Crippen molar-refractivity contribution in [2.24, 2.45) is 0 Å². The summed E-state index contributed by atoms with van der Waals surface area (Å²) in [4.78, 5) is 6.91. The first-order valence-electron chi connectivity index (χ1n) is 8.82. The van der Waals surface area contributed by atoms with Crippen LogP contribution in [-0.2, 0) is 19.5 Å².